The van der Waals surface area contributed by atoms with Crippen molar-refractivity contribution in [3.8, 4) is 0 Å². The number of ketones is 1. The minimum Gasteiger partial charge on any atom is -0.302 e. The van der Waals surface area contributed by atoms with Gasteiger partial charge in [0.2, 0.25) is 0 Å². The van der Waals surface area contributed by atoms with Crippen molar-refractivity contribution in [1.29, 1.82) is 0 Å². The van der Waals surface area contributed by atoms with Crippen LogP contribution in [0.25, 0.3) is 0 Å². The first-order chi connectivity index (χ1) is 8.66. The van der Waals surface area contributed by atoms with E-state index < -0.39 is 0 Å². The van der Waals surface area contributed by atoms with Crippen molar-refractivity contribution in [2.75, 3.05) is 13.6 Å². The Labute approximate surface area is 117 Å². The Morgan fingerprint density at radius 2 is 2.17 bits per heavy atom. The zero-order valence-corrected chi connectivity index (χ0v) is 12.4. The van der Waals surface area contributed by atoms with Crippen LogP contribution in [0.4, 0.5) is 0 Å². The molecule has 2 nitrogen and oxygen atoms in total. The van der Waals surface area contributed by atoms with E-state index in [2.05, 4.69) is 46.1 Å². The van der Waals surface area contributed by atoms with Crippen LogP contribution in [0.15, 0.2) is 28.7 Å². The van der Waals surface area contributed by atoms with Crippen molar-refractivity contribution in [3.05, 3.63) is 34.3 Å². The maximum atomic E-state index is 11.6. The second kappa shape index (κ2) is 6.48. The average molecular weight is 310 g/mol. The molecule has 0 amide bonds. The predicted molar refractivity (Wildman–Crippen MR) is 77.4 cm³/mol. The molecule has 1 aliphatic rings. The van der Waals surface area contributed by atoms with Gasteiger partial charge in [-0.25, -0.2) is 0 Å². The summed E-state index contributed by atoms with van der Waals surface area (Å²) in [6, 6.07) is 8.31. The number of halogens is 1. The van der Waals surface area contributed by atoms with Crippen molar-refractivity contribution in [2.24, 2.45) is 5.92 Å². The topological polar surface area (TPSA) is 20.3 Å². The summed E-state index contributed by atoms with van der Waals surface area (Å²) < 4.78 is 1.16. The molecule has 3 heteroatoms. The molecule has 0 N–H and O–H groups in total. The van der Waals surface area contributed by atoms with Crippen molar-refractivity contribution in [1.82, 2.24) is 4.90 Å². The van der Waals surface area contributed by atoms with Crippen molar-refractivity contribution in [3.63, 3.8) is 0 Å². The summed E-state index contributed by atoms with van der Waals surface area (Å²) in [6.07, 6.45) is 4.01. The SMILES string of the molecule is CN(CCC1CCCC1=O)Cc1ccccc1Br. The Morgan fingerprint density at radius 1 is 1.39 bits per heavy atom. The lowest BCUT2D eigenvalue weighted by molar-refractivity contribution is -0.120. The minimum atomic E-state index is 0.326. The first kappa shape index (κ1) is 13.8. The van der Waals surface area contributed by atoms with Gasteiger partial charge in [0.25, 0.3) is 0 Å². The van der Waals surface area contributed by atoms with Crippen LogP contribution in [0.5, 0.6) is 0 Å². The van der Waals surface area contributed by atoms with Crippen LogP contribution in [-0.2, 0) is 11.3 Å². The molecule has 0 bridgehead atoms. The van der Waals surface area contributed by atoms with Gasteiger partial charge in [0.15, 0.2) is 0 Å². The Balaban J connectivity index is 1.80. The largest absolute Gasteiger partial charge is 0.302 e. The van der Waals surface area contributed by atoms with E-state index in [-0.39, 0.29) is 0 Å². The van der Waals surface area contributed by atoms with Crippen LogP contribution >= 0.6 is 15.9 Å². The van der Waals surface area contributed by atoms with Crippen LogP contribution < -0.4 is 0 Å². The fraction of sp³-hybridized carbons (Fsp3) is 0.533. The van der Waals surface area contributed by atoms with Gasteiger partial charge in [0, 0.05) is 23.4 Å². The highest BCUT2D eigenvalue weighted by Crippen LogP contribution is 2.24. The number of rotatable bonds is 5. The molecule has 2 rings (SSSR count). The zero-order chi connectivity index (χ0) is 13.0. The van der Waals surface area contributed by atoms with Crippen LogP contribution in [0, 0.1) is 5.92 Å². The summed E-state index contributed by atoms with van der Waals surface area (Å²) in [5.74, 6) is 0.802. The summed E-state index contributed by atoms with van der Waals surface area (Å²) in [7, 11) is 2.12. The molecule has 1 unspecified atom stereocenters. The Morgan fingerprint density at radius 3 is 2.83 bits per heavy atom. The molecule has 0 radical (unpaired) electrons. The van der Waals surface area contributed by atoms with Crippen molar-refractivity contribution >= 4 is 21.7 Å². The maximum Gasteiger partial charge on any atom is 0.136 e. The highest BCUT2D eigenvalue weighted by atomic mass is 79.9. The number of benzene rings is 1. The van der Waals surface area contributed by atoms with Crippen molar-refractivity contribution in [2.45, 2.75) is 32.2 Å². The monoisotopic (exact) mass is 309 g/mol. The van der Waals surface area contributed by atoms with Crippen LogP contribution in [0.2, 0.25) is 0 Å². The third-order valence-electron chi connectivity index (χ3n) is 3.69. The van der Waals surface area contributed by atoms with Crippen LogP contribution in [0.3, 0.4) is 0 Å². The summed E-state index contributed by atoms with van der Waals surface area (Å²) >= 11 is 3.57. The average Bonchev–Trinajstić information content (AvgIpc) is 2.75. The fourth-order valence-corrected chi connectivity index (χ4v) is 2.98. The van der Waals surface area contributed by atoms with E-state index in [9.17, 15) is 4.79 Å². The van der Waals surface area contributed by atoms with Gasteiger partial charge in [-0.05, 0) is 44.5 Å². The Kier molecular flexibility index (Phi) is 4.95. The van der Waals surface area contributed by atoms with E-state index in [1.165, 1.54) is 5.56 Å². The third-order valence-corrected chi connectivity index (χ3v) is 4.46. The molecule has 1 fully saturated rings. The highest BCUT2D eigenvalue weighted by Gasteiger charge is 2.24. The zero-order valence-electron chi connectivity index (χ0n) is 10.9. The number of Topliss-reactive ketones (excluding diaryl/α,β-unsaturated/α-hetero) is 1. The van der Waals surface area contributed by atoms with Gasteiger partial charge in [-0.15, -0.1) is 0 Å². The molecule has 0 spiro atoms. The third kappa shape index (κ3) is 3.66. The summed E-state index contributed by atoms with van der Waals surface area (Å²) in [5.41, 5.74) is 1.30. The molecule has 18 heavy (non-hydrogen) atoms. The van der Waals surface area contributed by atoms with E-state index in [0.717, 1.165) is 43.2 Å². The van der Waals surface area contributed by atoms with Gasteiger partial charge in [-0.1, -0.05) is 34.1 Å². The van der Waals surface area contributed by atoms with Crippen LogP contribution in [-0.4, -0.2) is 24.3 Å². The predicted octanol–water partition coefficient (Wildman–Crippen LogP) is 3.64. The maximum absolute atomic E-state index is 11.6. The normalized spacial score (nSPS) is 19.7. The summed E-state index contributed by atoms with van der Waals surface area (Å²) in [5, 5.41) is 0. The molecular formula is C15H20BrNO. The second-order valence-electron chi connectivity index (χ2n) is 5.17. The minimum absolute atomic E-state index is 0.326. The van der Waals surface area contributed by atoms with E-state index in [0.29, 0.717) is 11.7 Å². The van der Waals surface area contributed by atoms with Gasteiger partial charge in [-0.3, -0.25) is 4.79 Å². The second-order valence-corrected chi connectivity index (χ2v) is 6.03. The molecule has 1 saturated carbocycles. The number of hydrogen-bond donors (Lipinski definition) is 0. The van der Waals surface area contributed by atoms with E-state index in [1.807, 2.05) is 6.07 Å². The van der Waals surface area contributed by atoms with Crippen LogP contribution in [0.1, 0.15) is 31.2 Å². The molecule has 0 aliphatic heterocycles. The molecule has 1 atom stereocenters. The lowest BCUT2D eigenvalue weighted by Crippen LogP contribution is -2.22. The summed E-state index contributed by atoms with van der Waals surface area (Å²) in [6.45, 7) is 1.93. The van der Waals surface area contributed by atoms with Gasteiger partial charge >= 0.3 is 0 Å². The first-order valence-corrected chi connectivity index (χ1v) is 7.41. The molecule has 98 valence electrons. The van der Waals surface area contributed by atoms with E-state index >= 15 is 0 Å². The smallest absolute Gasteiger partial charge is 0.136 e. The quantitative estimate of drug-likeness (QED) is 0.827. The summed E-state index contributed by atoms with van der Waals surface area (Å²) in [4.78, 5) is 13.9. The number of hydrogen-bond acceptors (Lipinski definition) is 2. The van der Waals surface area contributed by atoms with E-state index in [4.69, 9.17) is 0 Å². The highest BCUT2D eigenvalue weighted by molar-refractivity contribution is 9.10. The first-order valence-electron chi connectivity index (χ1n) is 6.61. The van der Waals surface area contributed by atoms with Gasteiger partial charge < -0.3 is 4.90 Å². The standard InChI is InChI=1S/C15H20BrNO/c1-17(10-9-12-6-4-8-15(12)18)11-13-5-2-3-7-14(13)16/h2-3,5,7,12H,4,6,8-11H2,1H3. The lowest BCUT2D eigenvalue weighted by atomic mass is 10.0. The molecule has 1 aromatic carbocycles. The van der Waals surface area contributed by atoms with Crippen molar-refractivity contribution < 1.29 is 4.79 Å². The van der Waals surface area contributed by atoms with E-state index in [1.54, 1.807) is 0 Å². The molecular weight excluding hydrogens is 290 g/mol. The van der Waals surface area contributed by atoms with Gasteiger partial charge in [0.1, 0.15) is 5.78 Å². The molecule has 0 aromatic heterocycles. The lowest BCUT2D eigenvalue weighted by Gasteiger charge is -2.19. The van der Waals surface area contributed by atoms with Gasteiger partial charge in [0.05, 0.1) is 0 Å². The van der Waals surface area contributed by atoms with Gasteiger partial charge in [-0.2, -0.15) is 0 Å². The number of carbonyl (C=O) groups excluding carboxylic acids is 1. The Bertz CT molecular complexity index is 419. The Hall–Kier alpha value is -0.670. The molecule has 1 aliphatic carbocycles. The molecule has 0 saturated heterocycles. The molecule has 0 heterocycles. The number of nitrogens with zero attached hydrogens (tertiary/aromatic N) is 1. The fourth-order valence-electron chi connectivity index (χ4n) is 2.57. The molecule has 1 aromatic rings. The number of carbonyl (C=O) groups is 1.